The third kappa shape index (κ3) is 7.89. The molecule has 0 fully saturated rings. The molecule has 0 aromatic carbocycles. The average molecular weight is 350 g/mol. The van der Waals surface area contributed by atoms with Gasteiger partial charge in [0.2, 0.25) is 0 Å². The molecule has 142 valence electrons. The highest BCUT2D eigenvalue weighted by Gasteiger charge is 2.19. The standard InChI is InChI=1S/C21H34O4/c1-4-6-8-10-11-13-15-18(22)20-19(24-3)16-17(25-21(20)23)14-12-9-7-5-2/h16H,4-15H2,1-3H3. The maximum Gasteiger partial charge on any atom is 0.350 e. The van der Waals surface area contributed by atoms with Crippen molar-refractivity contribution in [3.05, 3.63) is 27.8 Å². The van der Waals surface area contributed by atoms with Crippen LogP contribution in [-0.2, 0) is 6.42 Å². The van der Waals surface area contributed by atoms with E-state index >= 15 is 0 Å². The summed E-state index contributed by atoms with van der Waals surface area (Å²) in [7, 11) is 1.50. The fourth-order valence-electron chi connectivity index (χ4n) is 2.97. The Kier molecular flexibility index (Phi) is 10.9. The summed E-state index contributed by atoms with van der Waals surface area (Å²) in [5, 5.41) is 0. The first-order valence-corrected chi connectivity index (χ1v) is 9.88. The van der Waals surface area contributed by atoms with Gasteiger partial charge in [0.25, 0.3) is 0 Å². The van der Waals surface area contributed by atoms with Gasteiger partial charge in [-0.25, -0.2) is 4.79 Å². The third-order valence-electron chi connectivity index (χ3n) is 4.50. The molecule has 4 nitrogen and oxygen atoms in total. The van der Waals surface area contributed by atoms with Crippen LogP contribution in [0.15, 0.2) is 15.3 Å². The molecule has 1 aromatic heterocycles. The molecule has 0 aliphatic carbocycles. The van der Waals surface area contributed by atoms with E-state index in [1.54, 1.807) is 6.07 Å². The number of ether oxygens (including phenoxy) is 1. The summed E-state index contributed by atoms with van der Waals surface area (Å²) in [5.41, 5.74) is -0.478. The summed E-state index contributed by atoms with van der Waals surface area (Å²) in [6, 6.07) is 1.71. The lowest BCUT2D eigenvalue weighted by atomic mass is 10.0. The first-order valence-electron chi connectivity index (χ1n) is 9.88. The molecule has 0 aliphatic heterocycles. The molecule has 0 N–H and O–H groups in total. The van der Waals surface area contributed by atoms with Crippen LogP contribution in [0.25, 0.3) is 0 Å². The zero-order chi connectivity index (χ0) is 18.5. The minimum Gasteiger partial charge on any atom is -0.496 e. The van der Waals surface area contributed by atoms with Crippen LogP contribution in [0.3, 0.4) is 0 Å². The monoisotopic (exact) mass is 350 g/mol. The summed E-state index contributed by atoms with van der Waals surface area (Å²) in [6.45, 7) is 4.34. The van der Waals surface area contributed by atoms with Crippen LogP contribution in [0.4, 0.5) is 0 Å². The smallest absolute Gasteiger partial charge is 0.350 e. The lowest BCUT2D eigenvalue weighted by molar-refractivity contribution is 0.0971. The molecule has 0 saturated heterocycles. The zero-order valence-corrected chi connectivity index (χ0v) is 16.2. The topological polar surface area (TPSA) is 56.5 Å². The Bertz CT molecular complexity index is 560. The molecule has 0 radical (unpaired) electrons. The highest BCUT2D eigenvalue weighted by Crippen LogP contribution is 2.21. The van der Waals surface area contributed by atoms with E-state index in [2.05, 4.69) is 13.8 Å². The largest absolute Gasteiger partial charge is 0.496 e. The molecule has 1 heterocycles. The van der Waals surface area contributed by atoms with Gasteiger partial charge in [-0.3, -0.25) is 4.79 Å². The number of rotatable bonds is 14. The van der Waals surface area contributed by atoms with Crippen molar-refractivity contribution in [2.75, 3.05) is 7.11 Å². The SMILES string of the molecule is CCCCCCCCC(=O)c1c(OC)cc(CCCCCC)oc1=O. The average Bonchev–Trinajstić information content (AvgIpc) is 2.61. The zero-order valence-electron chi connectivity index (χ0n) is 16.2. The molecule has 0 unspecified atom stereocenters. The summed E-state index contributed by atoms with van der Waals surface area (Å²) >= 11 is 0. The Balaban J connectivity index is 2.62. The van der Waals surface area contributed by atoms with E-state index in [4.69, 9.17) is 9.15 Å². The fourth-order valence-corrected chi connectivity index (χ4v) is 2.97. The van der Waals surface area contributed by atoms with Gasteiger partial charge in [0.15, 0.2) is 5.78 Å². The molecule has 0 atom stereocenters. The van der Waals surface area contributed by atoms with Crippen LogP contribution < -0.4 is 10.4 Å². The second kappa shape index (κ2) is 12.7. The Morgan fingerprint density at radius 1 is 0.960 bits per heavy atom. The first-order chi connectivity index (χ1) is 12.1. The Hall–Kier alpha value is -1.58. The number of carbonyl (C=O) groups excluding carboxylic acids is 1. The quantitative estimate of drug-likeness (QED) is 0.319. The second-order valence-electron chi connectivity index (χ2n) is 6.70. The van der Waals surface area contributed by atoms with Gasteiger partial charge >= 0.3 is 5.63 Å². The van der Waals surface area contributed by atoms with E-state index in [0.29, 0.717) is 24.4 Å². The Morgan fingerprint density at radius 3 is 2.20 bits per heavy atom. The van der Waals surface area contributed by atoms with E-state index in [0.717, 1.165) is 32.1 Å². The molecule has 0 aliphatic rings. The first kappa shape index (κ1) is 21.5. The lowest BCUT2D eigenvalue weighted by Gasteiger charge is -2.08. The van der Waals surface area contributed by atoms with Crippen molar-refractivity contribution >= 4 is 5.78 Å². The highest BCUT2D eigenvalue weighted by atomic mass is 16.5. The van der Waals surface area contributed by atoms with Crippen LogP contribution in [-0.4, -0.2) is 12.9 Å². The Labute approximate surface area is 152 Å². The van der Waals surface area contributed by atoms with Gasteiger partial charge in [0.1, 0.15) is 17.1 Å². The van der Waals surface area contributed by atoms with Crippen molar-refractivity contribution in [3.8, 4) is 5.75 Å². The third-order valence-corrected chi connectivity index (χ3v) is 4.50. The summed E-state index contributed by atoms with van der Waals surface area (Å²) < 4.78 is 10.6. The number of Topliss-reactive ketones (excluding diaryl/α,β-unsaturated/α-hetero) is 1. The molecule has 1 rings (SSSR count). The van der Waals surface area contributed by atoms with Gasteiger partial charge in [-0.05, 0) is 12.8 Å². The second-order valence-corrected chi connectivity index (χ2v) is 6.70. The van der Waals surface area contributed by atoms with Crippen molar-refractivity contribution in [2.45, 2.75) is 90.9 Å². The molecule has 1 aromatic rings. The van der Waals surface area contributed by atoms with Crippen molar-refractivity contribution in [1.29, 1.82) is 0 Å². The molecule has 0 bridgehead atoms. The minimum absolute atomic E-state index is 0.0772. The van der Waals surface area contributed by atoms with Gasteiger partial charge in [-0.15, -0.1) is 0 Å². The van der Waals surface area contributed by atoms with Crippen molar-refractivity contribution in [3.63, 3.8) is 0 Å². The van der Waals surface area contributed by atoms with Crippen molar-refractivity contribution in [1.82, 2.24) is 0 Å². The van der Waals surface area contributed by atoms with Crippen LogP contribution in [0, 0.1) is 0 Å². The number of methoxy groups -OCH3 is 1. The van der Waals surface area contributed by atoms with Crippen molar-refractivity contribution < 1.29 is 13.9 Å². The summed E-state index contributed by atoms with van der Waals surface area (Å²) in [4.78, 5) is 24.7. The van der Waals surface area contributed by atoms with E-state index < -0.39 is 5.63 Å². The molecular weight excluding hydrogens is 316 g/mol. The molecule has 0 spiro atoms. The van der Waals surface area contributed by atoms with Gasteiger partial charge in [-0.1, -0.05) is 65.2 Å². The summed E-state index contributed by atoms with van der Waals surface area (Å²) in [6.07, 6.45) is 12.2. The molecule has 0 saturated carbocycles. The number of hydrogen-bond acceptors (Lipinski definition) is 4. The number of unbranched alkanes of at least 4 members (excludes halogenated alkanes) is 8. The molecule has 4 heteroatoms. The van der Waals surface area contributed by atoms with Crippen LogP contribution >= 0.6 is 0 Å². The van der Waals surface area contributed by atoms with Gasteiger partial charge in [0, 0.05) is 18.9 Å². The predicted molar refractivity (Wildman–Crippen MR) is 102 cm³/mol. The normalized spacial score (nSPS) is 10.8. The van der Waals surface area contributed by atoms with Gasteiger partial charge in [-0.2, -0.15) is 0 Å². The number of aryl methyl sites for hydroxylation is 1. The maximum atomic E-state index is 12.4. The van der Waals surface area contributed by atoms with E-state index in [1.807, 2.05) is 0 Å². The number of hydrogen-bond donors (Lipinski definition) is 0. The van der Waals surface area contributed by atoms with E-state index in [9.17, 15) is 9.59 Å². The van der Waals surface area contributed by atoms with Crippen LogP contribution in [0.5, 0.6) is 5.75 Å². The predicted octanol–water partition coefficient (Wildman–Crippen LogP) is 5.70. The van der Waals surface area contributed by atoms with Crippen LogP contribution in [0.1, 0.15) is 101 Å². The highest BCUT2D eigenvalue weighted by molar-refractivity contribution is 5.98. The van der Waals surface area contributed by atoms with E-state index in [1.165, 1.54) is 39.2 Å². The molecule has 25 heavy (non-hydrogen) atoms. The fraction of sp³-hybridized carbons (Fsp3) is 0.714. The Morgan fingerprint density at radius 2 is 1.56 bits per heavy atom. The number of carbonyl (C=O) groups is 1. The lowest BCUT2D eigenvalue weighted by Crippen LogP contribution is -2.17. The minimum atomic E-state index is -0.555. The summed E-state index contributed by atoms with van der Waals surface area (Å²) in [5.74, 6) is 0.797. The van der Waals surface area contributed by atoms with E-state index in [-0.39, 0.29) is 11.3 Å². The van der Waals surface area contributed by atoms with Crippen molar-refractivity contribution in [2.24, 2.45) is 0 Å². The maximum absolute atomic E-state index is 12.4. The van der Waals surface area contributed by atoms with Crippen LogP contribution in [0.2, 0.25) is 0 Å². The van der Waals surface area contributed by atoms with Gasteiger partial charge in [0.05, 0.1) is 7.11 Å². The number of ketones is 1. The molecule has 0 amide bonds. The van der Waals surface area contributed by atoms with Gasteiger partial charge < -0.3 is 9.15 Å². The molecular formula is C21H34O4.